The molecular formula is C20H21FN2O3. The van der Waals surface area contributed by atoms with Gasteiger partial charge >= 0.3 is 0 Å². The van der Waals surface area contributed by atoms with Gasteiger partial charge in [-0.05, 0) is 18.1 Å². The Morgan fingerprint density at radius 3 is 2.69 bits per heavy atom. The van der Waals surface area contributed by atoms with Crippen LogP contribution in [-0.4, -0.2) is 42.0 Å². The van der Waals surface area contributed by atoms with Crippen LogP contribution in [0.5, 0.6) is 0 Å². The van der Waals surface area contributed by atoms with Crippen molar-refractivity contribution in [3.05, 3.63) is 65.7 Å². The van der Waals surface area contributed by atoms with E-state index in [1.807, 2.05) is 24.3 Å². The number of aliphatic hydroxyl groups excluding tert-OH is 1. The lowest BCUT2D eigenvalue weighted by Crippen LogP contribution is -2.54. The van der Waals surface area contributed by atoms with E-state index in [0.717, 1.165) is 11.3 Å². The number of hydrogen-bond acceptors (Lipinski definition) is 5. The van der Waals surface area contributed by atoms with E-state index in [2.05, 4.69) is 10.3 Å². The maximum atomic E-state index is 16.2. The zero-order valence-corrected chi connectivity index (χ0v) is 14.2. The molecule has 6 heteroatoms. The van der Waals surface area contributed by atoms with Crippen LogP contribution in [0.2, 0.25) is 0 Å². The van der Waals surface area contributed by atoms with E-state index >= 15 is 4.39 Å². The van der Waals surface area contributed by atoms with Crippen molar-refractivity contribution in [3.8, 4) is 0 Å². The number of aliphatic imine (C=N–C) groups is 1. The number of amidine groups is 1. The van der Waals surface area contributed by atoms with Gasteiger partial charge in [-0.25, -0.2) is 4.39 Å². The van der Waals surface area contributed by atoms with Crippen molar-refractivity contribution in [1.82, 2.24) is 0 Å². The third-order valence-electron chi connectivity index (χ3n) is 5.24. The Labute approximate surface area is 151 Å². The Bertz CT molecular complexity index is 829. The molecule has 136 valence electrons. The minimum Gasteiger partial charge on any atom is -0.394 e. The summed E-state index contributed by atoms with van der Waals surface area (Å²) >= 11 is 0. The van der Waals surface area contributed by atoms with Crippen LogP contribution in [0, 0.1) is 0 Å². The zero-order chi connectivity index (χ0) is 18.2. The monoisotopic (exact) mass is 356 g/mol. The maximum absolute atomic E-state index is 16.2. The van der Waals surface area contributed by atoms with Gasteiger partial charge in [0.25, 0.3) is 0 Å². The third-order valence-corrected chi connectivity index (χ3v) is 5.24. The van der Waals surface area contributed by atoms with Gasteiger partial charge in [0.1, 0.15) is 5.84 Å². The lowest BCUT2D eigenvalue weighted by Gasteiger charge is -2.40. The van der Waals surface area contributed by atoms with E-state index in [0.29, 0.717) is 24.4 Å². The number of fused-ring (bicyclic) bond motifs is 3. The second-order valence-corrected chi connectivity index (χ2v) is 6.62. The number of halogens is 1. The Morgan fingerprint density at radius 2 is 1.92 bits per heavy atom. The molecule has 5 nitrogen and oxygen atoms in total. The summed E-state index contributed by atoms with van der Waals surface area (Å²) in [6, 6.07) is 15.9. The first kappa shape index (κ1) is 17.1. The van der Waals surface area contributed by atoms with Crippen molar-refractivity contribution in [1.29, 1.82) is 0 Å². The van der Waals surface area contributed by atoms with Gasteiger partial charge in [-0.3, -0.25) is 4.99 Å². The van der Waals surface area contributed by atoms with Crippen LogP contribution in [0.25, 0.3) is 0 Å². The smallest absolute Gasteiger partial charge is 0.226 e. The van der Waals surface area contributed by atoms with Crippen LogP contribution in [0.4, 0.5) is 10.1 Å². The van der Waals surface area contributed by atoms with E-state index in [-0.39, 0.29) is 13.2 Å². The average Bonchev–Trinajstić information content (AvgIpc) is 3.23. The zero-order valence-electron chi connectivity index (χ0n) is 14.2. The van der Waals surface area contributed by atoms with Gasteiger partial charge in [-0.1, -0.05) is 48.5 Å². The summed E-state index contributed by atoms with van der Waals surface area (Å²) in [5.41, 5.74) is 0.777. The Balaban J connectivity index is 1.83. The van der Waals surface area contributed by atoms with Crippen molar-refractivity contribution in [3.63, 3.8) is 0 Å². The predicted molar refractivity (Wildman–Crippen MR) is 96.9 cm³/mol. The van der Waals surface area contributed by atoms with Gasteiger partial charge in [-0.15, -0.1) is 0 Å². The number of nitrogens with zero attached hydrogens (tertiary/aromatic N) is 1. The van der Waals surface area contributed by atoms with E-state index in [1.165, 1.54) is 0 Å². The van der Waals surface area contributed by atoms with Crippen molar-refractivity contribution in [2.75, 3.05) is 25.1 Å². The van der Waals surface area contributed by atoms with Crippen LogP contribution in [0.1, 0.15) is 17.5 Å². The molecule has 0 saturated carbocycles. The molecule has 2 heterocycles. The number of rotatable bonds is 6. The number of alkyl halides is 1. The van der Waals surface area contributed by atoms with Crippen molar-refractivity contribution in [2.45, 2.75) is 23.8 Å². The molecule has 3 atom stereocenters. The van der Waals surface area contributed by atoms with Crippen LogP contribution >= 0.6 is 0 Å². The standard InChI is InChI=1S/C20H21FN2O3/c21-17(20(25,26-13-12-24)14-6-2-1-3-7-14)19-10-11-22-18(19)23-16-9-5-4-8-15(16)19/h1-9,17,24-25H,10-13H2,(H,22,23)/t17-,19+,20?/m1/s1. The summed E-state index contributed by atoms with van der Waals surface area (Å²) in [4.78, 5) is 4.44. The molecule has 2 aliphatic rings. The normalized spacial score (nSPS) is 24.2. The van der Waals surface area contributed by atoms with E-state index in [4.69, 9.17) is 4.74 Å². The summed E-state index contributed by atoms with van der Waals surface area (Å²) in [5.74, 6) is -1.68. The lowest BCUT2D eigenvalue weighted by atomic mass is 9.71. The summed E-state index contributed by atoms with van der Waals surface area (Å²) in [5, 5.41) is 23.7. The molecule has 0 amide bonds. The molecule has 3 N–H and O–H groups in total. The Hall–Kier alpha value is -2.28. The number of aliphatic hydroxyl groups is 2. The highest BCUT2D eigenvalue weighted by Crippen LogP contribution is 2.51. The summed E-state index contributed by atoms with van der Waals surface area (Å²) in [6.07, 6.45) is -1.37. The molecule has 26 heavy (non-hydrogen) atoms. The molecule has 0 fully saturated rings. The number of nitrogens with one attached hydrogen (secondary N) is 1. The van der Waals surface area contributed by atoms with Gasteiger partial charge in [0.2, 0.25) is 5.79 Å². The van der Waals surface area contributed by atoms with Crippen LogP contribution < -0.4 is 5.32 Å². The SMILES string of the molecule is OCCOC(O)(c1ccccc1)[C@H](F)[C@@]12CCN=C1Nc1ccccc12. The first-order valence-electron chi connectivity index (χ1n) is 8.71. The number of ether oxygens (including phenoxy) is 1. The highest BCUT2D eigenvalue weighted by Gasteiger charge is 2.61. The topological polar surface area (TPSA) is 74.1 Å². The molecule has 1 unspecified atom stereocenters. The van der Waals surface area contributed by atoms with Gasteiger partial charge in [0.15, 0.2) is 6.17 Å². The van der Waals surface area contributed by atoms with Crippen LogP contribution in [0.3, 0.4) is 0 Å². The van der Waals surface area contributed by atoms with Gasteiger partial charge in [0, 0.05) is 17.8 Å². The maximum Gasteiger partial charge on any atom is 0.226 e. The fourth-order valence-corrected chi connectivity index (χ4v) is 4.02. The number of anilines is 1. The van der Waals surface area contributed by atoms with E-state index < -0.39 is 17.4 Å². The van der Waals surface area contributed by atoms with Gasteiger partial charge in [-0.2, -0.15) is 0 Å². The van der Waals surface area contributed by atoms with Crippen LogP contribution in [0.15, 0.2) is 59.6 Å². The minimum atomic E-state index is -2.20. The molecule has 2 aromatic rings. The fourth-order valence-electron chi connectivity index (χ4n) is 4.02. The molecule has 0 saturated heterocycles. The number of para-hydroxylation sites is 1. The molecule has 2 aliphatic heterocycles. The second kappa shape index (κ2) is 6.46. The summed E-state index contributed by atoms with van der Waals surface area (Å²) < 4.78 is 21.7. The van der Waals surface area contributed by atoms with Crippen LogP contribution in [-0.2, 0) is 15.9 Å². The minimum absolute atomic E-state index is 0.177. The fraction of sp³-hybridized carbons (Fsp3) is 0.350. The Morgan fingerprint density at radius 1 is 1.19 bits per heavy atom. The van der Waals surface area contributed by atoms with E-state index in [9.17, 15) is 10.2 Å². The highest BCUT2D eigenvalue weighted by molar-refractivity contribution is 6.11. The lowest BCUT2D eigenvalue weighted by molar-refractivity contribution is -0.261. The van der Waals surface area contributed by atoms with Crippen molar-refractivity contribution in [2.24, 2.45) is 4.99 Å². The first-order chi connectivity index (χ1) is 12.6. The summed E-state index contributed by atoms with van der Waals surface area (Å²) in [7, 11) is 0. The quantitative estimate of drug-likeness (QED) is 0.695. The Kier molecular flexibility index (Phi) is 4.26. The summed E-state index contributed by atoms with van der Waals surface area (Å²) in [6.45, 7) is -0.0178. The number of benzene rings is 2. The molecule has 4 rings (SSSR count). The molecule has 2 aromatic carbocycles. The van der Waals surface area contributed by atoms with E-state index in [1.54, 1.807) is 30.3 Å². The largest absolute Gasteiger partial charge is 0.394 e. The molecule has 0 bridgehead atoms. The van der Waals surface area contributed by atoms with Gasteiger partial charge < -0.3 is 20.3 Å². The molecule has 0 spiro atoms. The average molecular weight is 356 g/mol. The second-order valence-electron chi connectivity index (χ2n) is 6.62. The third kappa shape index (κ3) is 2.37. The molecule has 0 aromatic heterocycles. The molecule has 0 radical (unpaired) electrons. The van der Waals surface area contributed by atoms with Crippen molar-refractivity contribution < 1.29 is 19.3 Å². The first-order valence-corrected chi connectivity index (χ1v) is 8.71. The predicted octanol–water partition coefficient (Wildman–Crippen LogP) is 2.34. The molecular weight excluding hydrogens is 335 g/mol. The number of hydrogen-bond donors (Lipinski definition) is 3. The molecule has 0 aliphatic carbocycles. The van der Waals surface area contributed by atoms with Crippen molar-refractivity contribution >= 4 is 11.5 Å². The van der Waals surface area contributed by atoms with Gasteiger partial charge in [0.05, 0.1) is 18.6 Å². The highest BCUT2D eigenvalue weighted by atomic mass is 19.1.